The van der Waals surface area contributed by atoms with E-state index >= 15 is 8.78 Å². The topological polar surface area (TPSA) is 90.0 Å². The zero-order valence-electron chi connectivity index (χ0n) is 25.2. The molecule has 1 unspecified atom stereocenters. The molecule has 2 saturated heterocycles. The van der Waals surface area contributed by atoms with Gasteiger partial charge in [-0.2, -0.15) is 13.2 Å². The van der Waals surface area contributed by atoms with Gasteiger partial charge in [-0.15, -0.1) is 0 Å². The van der Waals surface area contributed by atoms with E-state index in [-0.39, 0.29) is 50.2 Å². The van der Waals surface area contributed by atoms with Gasteiger partial charge in [0.1, 0.15) is 34.8 Å². The molecule has 2 atom stereocenters. The molecule has 2 N–H and O–H groups in total. The van der Waals surface area contributed by atoms with E-state index in [4.69, 9.17) is 4.74 Å². The monoisotopic (exact) mass is 660 g/mol. The Kier molecular flexibility index (Phi) is 9.84. The van der Waals surface area contributed by atoms with Crippen LogP contribution in [0.5, 0.6) is 5.75 Å². The standard InChI is InChI=1S/C30H35F7N6O3/c1-41-9-11-42(12-10-41)22-7-8-38-27(24(22)30(35,36)37)43-15-19(23-20(31)13-18(46-2)14-21(23)32)25(28(43)44)40-29(45)39-17-5-3-16(4-6-17)26(33)34/h7-8,13-14,16-17,19,25-26H,3-6,9-12,15H2,1-2H3,(H2,39,40,45)/t16?,17?,19-,25?/m0/s1. The normalized spacial score (nSPS) is 24.4. The second-order valence-corrected chi connectivity index (χ2v) is 11.9. The number of nitrogens with one attached hydrogen (secondary N) is 2. The highest BCUT2D eigenvalue weighted by molar-refractivity contribution is 6.03. The van der Waals surface area contributed by atoms with Crippen molar-refractivity contribution in [1.29, 1.82) is 0 Å². The zero-order chi connectivity index (χ0) is 33.3. The van der Waals surface area contributed by atoms with E-state index < -0.39 is 83.6 Å². The summed E-state index contributed by atoms with van der Waals surface area (Å²) in [6.07, 6.45) is -5.49. The first-order valence-electron chi connectivity index (χ1n) is 15.0. The minimum Gasteiger partial charge on any atom is -0.497 e. The van der Waals surface area contributed by atoms with Crippen molar-refractivity contribution in [3.8, 4) is 5.75 Å². The van der Waals surface area contributed by atoms with Crippen molar-refractivity contribution in [1.82, 2.24) is 20.5 Å². The van der Waals surface area contributed by atoms with Gasteiger partial charge < -0.3 is 25.2 Å². The molecular weight excluding hydrogens is 625 g/mol. The lowest BCUT2D eigenvalue weighted by Gasteiger charge is -2.36. The number of benzene rings is 1. The van der Waals surface area contributed by atoms with E-state index in [2.05, 4.69) is 15.6 Å². The van der Waals surface area contributed by atoms with Gasteiger partial charge in [-0.05, 0) is 38.8 Å². The maximum atomic E-state index is 15.4. The summed E-state index contributed by atoms with van der Waals surface area (Å²) >= 11 is 0. The number of anilines is 2. The molecular formula is C30H35F7N6O3. The van der Waals surface area contributed by atoms with Crippen molar-refractivity contribution < 1.29 is 45.1 Å². The second kappa shape index (κ2) is 13.5. The maximum absolute atomic E-state index is 15.4. The predicted octanol–water partition coefficient (Wildman–Crippen LogP) is 4.76. The van der Waals surface area contributed by atoms with Crippen molar-refractivity contribution >= 4 is 23.4 Å². The molecule has 3 fully saturated rings. The van der Waals surface area contributed by atoms with Crippen LogP contribution in [0, 0.1) is 17.6 Å². The molecule has 1 aromatic heterocycles. The molecule has 0 bridgehead atoms. The Morgan fingerprint density at radius 2 is 1.65 bits per heavy atom. The summed E-state index contributed by atoms with van der Waals surface area (Å²) in [7, 11) is 3.04. The summed E-state index contributed by atoms with van der Waals surface area (Å²) in [6, 6.07) is -0.158. The van der Waals surface area contributed by atoms with Crippen LogP contribution < -0.4 is 25.2 Å². The fourth-order valence-corrected chi connectivity index (χ4v) is 6.49. The van der Waals surface area contributed by atoms with Gasteiger partial charge >= 0.3 is 12.2 Å². The van der Waals surface area contributed by atoms with Crippen LogP contribution in [0.2, 0.25) is 0 Å². The number of ether oxygens (including phenoxy) is 1. The first-order chi connectivity index (χ1) is 21.8. The highest BCUT2D eigenvalue weighted by atomic mass is 19.4. The Morgan fingerprint density at radius 1 is 1.02 bits per heavy atom. The molecule has 3 amide bonds. The minimum atomic E-state index is -4.96. The van der Waals surface area contributed by atoms with Crippen LogP contribution in [0.15, 0.2) is 24.4 Å². The molecule has 1 aromatic carbocycles. The fourth-order valence-electron chi connectivity index (χ4n) is 6.49. The van der Waals surface area contributed by atoms with E-state index in [9.17, 15) is 31.5 Å². The van der Waals surface area contributed by atoms with Crippen LogP contribution in [0.25, 0.3) is 0 Å². The van der Waals surface area contributed by atoms with Gasteiger partial charge in [0, 0.05) is 74.5 Å². The summed E-state index contributed by atoms with van der Waals surface area (Å²) in [4.78, 5) is 35.1. The first kappa shape index (κ1) is 33.5. The highest BCUT2D eigenvalue weighted by Gasteiger charge is 2.49. The lowest BCUT2D eigenvalue weighted by molar-refractivity contribution is -0.136. The van der Waals surface area contributed by atoms with Crippen LogP contribution in [0.1, 0.15) is 42.7 Å². The number of halogens is 7. The summed E-state index contributed by atoms with van der Waals surface area (Å²) in [5, 5.41) is 5.02. The second-order valence-electron chi connectivity index (χ2n) is 11.9. The van der Waals surface area contributed by atoms with Crippen LogP contribution in [-0.4, -0.2) is 87.2 Å². The van der Waals surface area contributed by atoms with Crippen LogP contribution in [0.4, 0.5) is 47.0 Å². The molecule has 46 heavy (non-hydrogen) atoms. The van der Waals surface area contributed by atoms with Crippen molar-refractivity contribution in [3.63, 3.8) is 0 Å². The Labute approximate surface area is 261 Å². The molecule has 1 aliphatic carbocycles. The summed E-state index contributed by atoms with van der Waals surface area (Å²) < 4.78 is 106. The van der Waals surface area contributed by atoms with E-state index in [0.717, 1.165) is 18.3 Å². The predicted molar refractivity (Wildman–Crippen MR) is 154 cm³/mol. The lowest BCUT2D eigenvalue weighted by Crippen LogP contribution is -2.51. The summed E-state index contributed by atoms with van der Waals surface area (Å²) in [5.41, 5.74) is -1.99. The Bertz CT molecular complexity index is 1410. The molecule has 252 valence electrons. The Balaban J connectivity index is 1.49. The minimum absolute atomic E-state index is 0.164. The molecule has 0 radical (unpaired) electrons. The van der Waals surface area contributed by atoms with Gasteiger partial charge in [-0.1, -0.05) is 0 Å². The number of alkyl halides is 5. The highest BCUT2D eigenvalue weighted by Crippen LogP contribution is 2.45. The molecule has 2 aromatic rings. The van der Waals surface area contributed by atoms with E-state index in [0.29, 0.717) is 18.0 Å². The zero-order valence-corrected chi connectivity index (χ0v) is 25.2. The number of aromatic nitrogens is 1. The average Bonchev–Trinajstić information content (AvgIpc) is 3.31. The number of piperazine rings is 1. The average molecular weight is 661 g/mol. The van der Waals surface area contributed by atoms with Gasteiger partial charge in [0.25, 0.3) is 5.91 Å². The SMILES string of the molecule is COc1cc(F)c([C@@H]2CN(c3nccc(N4CCN(C)CC4)c3C(F)(F)F)C(=O)C2NC(=O)NC2CCC(C(F)F)CC2)c(F)c1. The number of nitrogens with zero attached hydrogens (tertiary/aromatic N) is 4. The van der Waals surface area contributed by atoms with Crippen molar-refractivity contribution in [3.05, 3.63) is 47.2 Å². The van der Waals surface area contributed by atoms with Crippen LogP contribution >= 0.6 is 0 Å². The third-order valence-corrected chi connectivity index (χ3v) is 9.01. The number of urea groups is 1. The number of likely N-dealkylation sites (N-methyl/N-ethyl adjacent to an activating group) is 1. The van der Waals surface area contributed by atoms with E-state index in [1.54, 1.807) is 4.90 Å². The fraction of sp³-hybridized carbons (Fsp3) is 0.567. The van der Waals surface area contributed by atoms with Crippen molar-refractivity contribution in [2.45, 2.75) is 56.3 Å². The molecule has 5 rings (SSSR count). The smallest absolute Gasteiger partial charge is 0.421 e. The lowest BCUT2D eigenvalue weighted by atomic mass is 9.86. The maximum Gasteiger partial charge on any atom is 0.421 e. The van der Waals surface area contributed by atoms with Gasteiger partial charge in [-0.3, -0.25) is 9.69 Å². The first-order valence-corrected chi connectivity index (χ1v) is 15.0. The molecule has 0 spiro atoms. The largest absolute Gasteiger partial charge is 0.497 e. The molecule has 3 heterocycles. The molecule has 1 saturated carbocycles. The van der Waals surface area contributed by atoms with Crippen LogP contribution in [-0.2, 0) is 11.0 Å². The Hall–Kier alpha value is -3.82. The van der Waals surface area contributed by atoms with Crippen LogP contribution in [0.3, 0.4) is 0 Å². The molecule has 9 nitrogen and oxygen atoms in total. The van der Waals surface area contributed by atoms with E-state index in [1.165, 1.54) is 13.2 Å². The van der Waals surface area contributed by atoms with Crippen molar-refractivity contribution in [2.24, 2.45) is 5.92 Å². The number of hydrogen-bond donors (Lipinski definition) is 2. The summed E-state index contributed by atoms with van der Waals surface area (Å²) in [5.74, 6) is -6.47. The number of hydrogen-bond acceptors (Lipinski definition) is 6. The third kappa shape index (κ3) is 6.95. The number of pyridine rings is 1. The quantitative estimate of drug-likeness (QED) is 0.417. The number of methoxy groups -OCH3 is 1. The molecule has 2 aliphatic heterocycles. The van der Waals surface area contributed by atoms with Gasteiger partial charge in [-0.25, -0.2) is 27.3 Å². The molecule has 3 aliphatic rings. The van der Waals surface area contributed by atoms with Gasteiger partial charge in [0.15, 0.2) is 0 Å². The number of carbonyl (C=O) groups is 2. The third-order valence-electron chi connectivity index (χ3n) is 9.01. The van der Waals surface area contributed by atoms with Gasteiger partial charge in [0.05, 0.1) is 12.8 Å². The van der Waals surface area contributed by atoms with Crippen molar-refractivity contribution in [2.75, 3.05) is 56.7 Å². The number of rotatable bonds is 7. The Morgan fingerprint density at radius 3 is 2.22 bits per heavy atom. The number of amides is 3. The van der Waals surface area contributed by atoms with Gasteiger partial charge in [0.2, 0.25) is 6.43 Å². The molecule has 16 heteroatoms. The van der Waals surface area contributed by atoms with E-state index in [1.807, 2.05) is 11.9 Å². The number of carbonyl (C=O) groups excluding carboxylic acids is 2. The summed E-state index contributed by atoms with van der Waals surface area (Å²) in [6.45, 7) is 0.934.